The Bertz CT molecular complexity index is 702. The maximum atomic E-state index is 11.3. The number of carboxylic acids is 1. The lowest BCUT2D eigenvalue weighted by Crippen LogP contribution is -2.15. The van der Waals surface area contributed by atoms with E-state index in [0.29, 0.717) is 29.6 Å². The molecule has 21 heavy (non-hydrogen) atoms. The zero-order valence-corrected chi connectivity index (χ0v) is 12.4. The molecule has 0 aromatic heterocycles. The fraction of sp³-hybridized carbons (Fsp3) is 0.133. The summed E-state index contributed by atoms with van der Waals surface area (Å²) in [6.07, 6.45) is 0. The van der Waals surface area contributed by atoms with Crippen molar-refractivity contribution in [2.45, 2.75) is 9.79 Å². The summed E-state index contributed by atoms with van der Waals surface area (Å²) in [7, 11) is 0. The monoisotopic (exact) mass is 322 g/mol. The lowest BCUT2D eigenvalue weighted by atomic mass is 10.2. The Morgan fingerprint density at radius 2 is 1.90 bits per heavy atom. The third kappa shape index (κ3) is 2.94. The molecule has 4 nitrogen and oxygen atoms in total. The molecule has 1 aliphatic heterocycles. The molecule has 0 fully saturated rings. The summed E-state index contributed by atoms with van der Waals surface area (Å²) in [4.78, 5) is 12.8. The zero-order chi connectivity index (χ0) is 14.8. The van der Waals surface area contributed by atoms with Crippen molar-refractivity contribution in [3.05, 3.63) is 47.0 Å². The van der Waals surface area contributed by atoms with Crippen molar-refractivity contribution in [3.8, 4) is 11.5 Å². The van der Waals surface area contributed by atoms with E-state index in [-0.39, 0.29) is 10.6 Å². The molecule has 1 aliphatic rings. The second-order valence-corrected chi connectivity index (χ2v) is 5.85. The molecule has 0 atom stereocenters. The highest BCUT2D eigenvalue weighted by Crippen LogP contribution is 2.39. The smallest absolute Gasteiger partial charge is 0.338 e. The van der Waals surface area contributed by atoms with E-state index in [1.165, 1.54) is 11.8 Å². The number of carbonyl (C=O) groups is 1. The molecule has 0 aliphatic carbocycles. The minimum atomic E-state index is -1.04. The summed E-state index contributed by atoms with van der Waals surface area (Å²) in [6, 6.07) is 10.6. The Morgan fingerprint density at radius 3 is 2.67 bits per heavy atom. The van der Waals surface area contributed by atoms with Gasteiger partial charge in [0.15, 0.2) is 11.5 Å². The summed E-state index contributed by atoms with van der Waals surface area (Å²) in [5, 5.41) is 9.50. The van der Waals surface area contributed by atoms with Crippen molar-refractivity contribution in [2.75, 3.05) is 13.2 Å². The van der Waals surface area contributed by atoms with Gasteiger partial charge in [0.25, 0.3) is 0 Å². The summed E-state index contributed by atoms with van der Waals surface area (Å²) in [6.45, 7) is 1.05. The van der Waals surface area contributed by atoms with E-state index in [0.717, 1.165) is 4.90 Å². The SMILES string of the molecule is O=C(O)c1c(Cl)cccc1Sc1ccc2c(c1)OCCO2. The second kappa shape index (κ2) is 5.87. The van der Waals surface area contributed by atoms with Gasteiger partial charge < -0.3 is 14.6 Å². The number of benzene rings is 2. The molecule has 0 spiro atoms. The van der Waals surface area contributed by atoms with Crippen LogP contribution in [0.25, 0.3) is 0 Å². The normalized spacial score (nSPS) is 13.0. The number of hydrogen-bond acceptors (Lipinski definition) is 4. The molecule has 3 rings (SSSR count). The number of rotatable bonds is 3. The zero-order valence-electron chi connectivity index (χ0n) is 10.8. The van der Waals surface area contributed by atoms with E-state index in [2.05, 4.69) is 0 Å². The molecule has 0 amide bonds. The first kappa shape index (κ1) is 14.1. The van der Waals surface area contributed by atoms with Crippen LogP contribution in [0.5, 0.6) is 11.5 Å². The van der Waals surface area contributed by atoms with Crippen LogP contribution in [0, 0.1) is 0 Å². The van der Waals surface area contributed by atoms with Crippen molar-refractivity contribution in [1.82, 2.24) is 0 Å². The van der Waals surface area contributed by atoms with Crippen molar-refractivity contribution in [1.29, 1.82) is 0 Å². The van der Waals surface area contributed by atoms with E-state index in [9.17, 15) is 9.90 Å². The summed E-state index contributed by atoms with van der Waals surface area (Å²) >= 11 is 7.30. The first-order chi connectivity index (χ1) is 10.1. The molecule has 6 heteroatoms. The molecule has 0 radical (unpaired) electrons. The predicted octanol–water partition coefficient (Wildman–Crippen LogP) is 3.96. The maximum absolute atomic E-state index is 11.3. The standard InChI is InChI=1S/C15H11ClO4S/c16-10-2-1-3-13(14(10)15(17)18)21-9-4-5-11-12(8-9)20-7-6-19-11/h1-5,8H,6-7H2,(H,17,18). The summed E-state index contributed by atoms with van der Waals surface area (Å²) in [5.74, 6) is 0.334. The van der Waals surface area contributed by atoms with Gasteiger partial charge in [0.2, 0.25) is 0 Å². The maximum Gasteiger partial charge on any atom is 0.338 e. The van der Waals surface area contributed by atoms with Crippen LogP contribution in [0.4, 0.5) is 0 Å². The number of carboxylic acid groups (broad SMARTS) is 1. The lowest BCUT2D eigenvalue weighted by Gasteiger charge is -2.18. The van der Waals surface area contributed by atoms with Gasteiger partial charge in [0, 0.05) is 9.79 Å². The molecular formula is C15H11ClO4S. The molecule has 1 N–H and O–H groups in total. The van der Waals surface area contributed by atoms with Crippen LogP contribution in [-0.2, 0) is 0 Å². The van der Waals surface area contributed by atoms with Crippen LogP contribution in [0.15, 0.2) is 46.2 Å². The molecule has 0 bridgehead atoms. The molecular weight excluding hydrogens is 312 g/mol. The minimum absolute atomic E-state index is 0.110. The van der Waals surface area contributed by atoms with Crippen LogP contribution in [-0.4, -0.2) is 24.3 Å². The Kier molecular flexibility index (Phi) is 3.94. The van der Waals surface area contributed by atoms with Crippen LogP contribution >= 0.6 is 23.4 Å². The Labute approximate surface area is 130 Å². The Morgan fingerprint density at radius 1 is 1.14 bits per heavy atom. The van der Waals surface area contributed by atoms with Gasteiger partial charge in [0.1, 0.15) is 13.2 Å². The Hall–Kier alpha value is -1.85. The van der Waals surface area contributed by atoms with E-state index >= 15 is 0 Å². The van der Waals surface area contributed by atoms with Crippen LogP contribution in [0.2, 0.25) is 5.02 Å². The van der Waals surface area contributed by atoms with Crippen molar-refractivity contribution in [2.24, 2.45) is 0 Å². The number of aromatic carboxylic acids is 1. The summed E-state index contributed by atoms with van der Waals surface area (Å²) in [5.41, 5.74) is 0.110. The Balaban J connectivity index is 1.94. The van der Waals surface area contributed by atoms with Gasteiger partial charge in [-0.15, -0.1) is 0 Å². The van der Waals surface area contributed by atoms with E-state index in [1.807, 2.05) is 18.2 Å². The minimum Gasteiger partial charge on any atom is -0.486 e. The number of halogens is 1. The van der Waals surface area contributed by atoms with E-state index in [4.69, 9.17) is 21.1 Å². The molecule has 2 aromatic rings. The van der Waals surface area contributed by atoms with E-state index < -0.39 is 5.97 Å². The largest absolute Gasteiger partial charge is 0.486 e. The molecule has 0 unspecified atom stereocenters. The fourth-order valence-corrected chi connectivity index (χ4v) is 3.32. The average molecular weight is 323 g/mol. The van der Waals surface area contributed by atoms with Gasteiger partial charge in [-0.05, 0) is 30.3 Å². The van der Waals surface area contributed by atoms with Crippen molar-refractivity contribution in [3.63, 3.8) is 0 Å². The highest BCUT2D eigenvalue weighted by Gasteiger charge is 2.17. The van der Waals surface area contributed by atoms with Crippen LogP contribution < -0.4 is 9.47 Å². The number of ether oxygens (including phenoxy) is 2. The highest BCUT2D eigenvalue weighted by molar-refractivity contribution is 7.99. The van der Waals surface area contributed by atoms with Gasteiger partial charge >= 0.3 is 5.97 Å². The third-order valence-corrected chi connectivity index (χ3v) is 4.30. The number of fused-ring (bicyclic) bond motifs is 1. The average Bonchev–Trinajstić information content (AvgIpc) is 2.47. The molecule has 0 saturated carbocycles. The first-order valence-electron chi connectivity index (χ1n) is 6.24. The molecule has 0 saturated heterocycles. The first-order valence-corrected chi connectivity index (χ1v) is 7.44. The van der Waals surface area contributed by atoms with Gasteiger partial charge in [-0.1, -0.05) is 29.4 Å². The topological polar surface area (TPSA) is 55.8 Å². The van der Waals surface area contributed by atoms with Crippen LogP contribution in [0.1, 0.15) is 10.4 Å². The van der Waals surface area contributed by atoms with Gasteiger partial charge in [-0.3, -0.25) is 0 Å². The predicted molar refractivity (Wildman–Crippen MR) is 80.0 cm³/mol. The van der Waals surface area contributed by atoms with E-state index in [1.54, 1.807) is 18.2 Å². The van der Waals surface area contributed by atoms with Gasteiger partial charge in [-0.25, -0.2) is 4.79 Å². The van der Waals surface area contributed by atoms with Crippen LogP contribution in [0.3, 0.4) is 0 Å². The molecule has 2 aromatic carbocycles. The fourth-order valence-electron chi connectivity index (χ4n) is 2.01. The lowest BCUT2D eigenvalue weighted by molar-refractivity contribution is 0.0693. The quantitative estimate of drug-likeness (QED) is 0.927. The number of hydrogen-bond donors (Lipinski definition) is 1. The van der Waals surface area contributed by atoms with Crippen molar-refractivity contribution < 1.29 is 19.4 Å². The molecule has 108 valence electrons. The highest BCUT2D eigenvalue weighted by atomic mass is 35.5. The summed E-state index contributed by atoms with van der Waals surface area (Å²) < 4.78 is 11.0. The van der Waals surface area contributed by atoms with Gasteiger partial charge in [0.05, 0.1) is 10.6 Å². The van der Waals surface area contributed by atoms with Crippen molar-refractivity contribution >= 4 is 29.3 Å². The van der Waals surface area contributed by atoms with Gasteiger partial charge in [-0.2, -0.15) is 0 Å². The molecule has 1 heterocycles. The third-order valence-electron chi connectivity index (χ3n) is 2.93. The second-order valence-electron chi connectivity index (χ2n) is 4.33.